The number of carbonyl (C=O) groups is 2. The number of carboxylic acid groups (broad SMARTS) is 1. The van der Waals surface area contributed by atoms with E-state index in [0.29, 0.717) is 19.3 Å². The van der Waals surface area contributed by atoms with E-state index in [9.17, 15) is 9.59 Å². The van der Waals surface area contributed by atoms with E-state index in [4.69, 9.17) is 10.2 Å². The number of aliphatic carboxylic acids is 1. The number of unbranched alkanes of at least 4 members (excludes halogenated alkanes) is 1. The van der Waals surface area contributed by atoms with Crippen molar-refractivity contribution in [1.82, 2.24) is 0 Å². The predicted molar refractivity (Wildman–Crippen MR) is 101 cm³/mol. The van der Waals surface area contributed by atoms with E-state index in [1.807, 2.05) is 6.07 Å². The molecule has 1 aliphatic rings. The first-order chi connectivity index (χ1) is 12.6. The van der Waals surface area contributed by atoms with Crippen LogP contribution in [-0.2, 0) is 16.0 Å². The number of ketones is 1. The molecular weight excluding hydrogens is 328 g/mol. The van der Waals surface area contributed by atoms with Crippen molar-refractivity contribution in [3.05, 3.63) is 65.4 Å². The summed E-state index contributed by atoms with van der Waals surface area (Å²) in [6, 6.07) is 10.4. The highest BCUT2D eigenvalue weighted by Crippen LogP contribution is 2.30. The lowest BCUT2D eigenvalue weighted by atomic mass is 9.91. The summed E-state index contributed by atoms with van der Waals surface area (Å²) in [5, 5.41) is 17.7. The molecule has 0 aliphatic heterocycles. The van der Waals surface area contributed by atoms with Crippen molar-refractivity contribution in [2.24, 2.45) is 5.92 Å². The van der Waals surface area contributed by atoms with E-state index in [1.165, 1.54) is 11.1 Å². The third-order valence-electron chi connectivity index (χ3n) is 4.65. The van der Waals surface area contributed by atoms with Crippen molar-refractivity contribution >= 4 is 11.8 Å². The van der Waals surface area contributed by atoms with Gasteiger partial charge in [-0.05, 0) is 56.2 Å². The third-order valence-corrected chi connectivity index (χ3v) is 4.65. The highest BCUT2D eigenvalue weighted by Gasteiger charge is 2.25. The SMILES string of the molecule is O=C(O)C(O)C=C=CCC[C@H]1C(=O)CC=C1CCCCc1ccccc1. The molecule has 0 saturated carbocycles. The van der Waals surface area contributed by atoms with Crippen LogP contribution >= 0.6 is 0 Å². The minimum atomic E-state index is -1.53. The smallest absolute Gasteiger partial charge is 0.337 e. The Kier molecular flexibility index (Phi) is 8.07. The average Bonchev–Trinajstić information content (AvgIpc) is 2.99. The Morgan fingerprint density at radius 2 is 1.96 bits per heavy atom. The van der Waals surface area contributed by atoms with Gasteiger partial charge < -0.3 is 10.2 Å². The van der Waals surface area contributed by atoms with Crippen LogP contribution in [0.1, 0.15) is 44.1 Å². The van der Waals surface area contributed by atoms with E-state index in [2.05, 4.69) is 36.1 Å². The Labute approximate surface area is 154 Å². The summed E-state index contributed by atoms with van der Waals surface area (Å²) in [5.41, 5.74) is 5.27. The van der Waals surface area contributed by atoms with E-state index < -0.39 is 12.1 Å². The normalized spacial score (nSPS) is 17.3. The van der Waals surface area contributed by atoms with E-state index in [-0.39, 0.29) is 11.7 Å². The first-order valence-corrected chi connectivity index (χ1v) is 9.15. The van der Waals surface area contributed by atoms with Gasteiger partial charge in [0.15, 0.2) is 6.10 Å². The molecule has 0 aromatic heterocycles. The van der Waals surface area contributed by atoms with Crippen molar-refractivity contribution in [3.63, 3.8) is 0 Å². The number of aryl methyl sites for hydroxylation is 1. The lowest BCUT2D eigenvalue weighted by Crippen LogP contribution is -2.15. The molecule has 1 unspecified atom stereocenters. The summed E-state index contributed by atoms with van der Waals surface area (Å²) in [4.78, 5) is 22.6. The van der Waals surface area contributed by atoms with E-state index >= 15 is 0 Å². The summed E-state index contributed by atoms with van der Waals surface area (Å²) < 4.78 is 0. The number of benzene rings is 1. The lowest BCUT2D eigenvalue weighted by molar-refractivity contribution is -0.144. The molecule has 4 heteroatoms. The summed E-state index contributed by atoms with van der Waals surface area (Å²) >= 11 is 0. The topological polar surface area (TPSA) is 74.6 Å². The molecule has 2 rings (SSSR count). The Morgan fingerprint density at radius 3 is 2.69 bits per heavy atom. The second-order valence-corrected chi connectivity index (χ2v) is 6.59. The summed E-state index contributed by atoms with van der Waals surface area (Å²) in [6.07, 6.45) is 9.42. The lowest BCUT2D eigenvalue weighted by Gasteiger charge is -2.12. The molecule has 1 aliphatic carbocycles. The molecule has 0 saturated heterocycles. The first kappa shape index (κ1) is 19.9. The number of carbonyl (C=O) groups excluding carboxylic acids is 1. The van der Waals surface area contributed by atoms with Crippen LogP contribution in [0.4, 0.5) is 0 Å². The fourth-order valence-corrected chi connectivity index (χ4v) is 3.21. The van der Waals surface area contributed by atoms with Crippen molar-refractivity contribution in [2.75, 3.05) is 0 Å². The fourth-order valence-electron chi connectivity index (χ4n) is 3.21. The van der Waals surface area contributed by atoms with Crippen molar-refractivity contribution in [2.45, 2.75) is 51.0 Å². The van der Waals surface area contributed by atoms with Crippen molar-refractivity contribution < 1.29 is 19.8 Å². The first-order valence-electron chi connectivity index (χ1n) is 9.15. The number of aliphatic hydroxyl groups is 1. The zero-order valence-corrected chi connectivity index (χ0v) is 14.9. The maximum absolute atomic E-state index is 12.1. The van der Waals surface area contributed by atoms with Gasteiger partial charge in [0, 0.05) is 12.3 Å². The predicted octanol–water partition coefficient (Wildman–Crippen LogP) is 3.85. The number of rotatable bonds is 10. The van der Waals surface area contributed by atoms with Crippen LogP contribution in [0, 0.1) is 5.92 Å². The number of allylic oxidation sites excluding steroid dienone is 2. The second kappa shape index (κ2) is 10.5. The van der Waals surface area contributed by atoms with E-state index in [1.54, 1.807) is 6.08 Å². The molecule has 1 aromatic carbocycles. The van der Waals surface area contributed by atoms with Gasteiger partial charge in [-0.1, -0.05) is 42.0 Å². The molecule has 2 N–H and O–H groups in total. The molecule has 0 bridgehead atoms. The van der Waals surface area contributed by atoms with Crippen LogP contribution in [0.25, 0.3) is 0 Å². The largest absolute Gasteiger partial charge is 0.479 e. The van der Waals surface area contributed by atoms with Crippen LogP contribution in [0.2, 0.25) is 0 Å². The Balaban J connectivity index is 1.73. The van der Waals surface area contributed by atoms with Gasteiger partial charge in [0.05, 0.1) is 0 Å². The van der Waals surface area contributed by atoms with Crippen LogP contribution in [-0.4, -0.2) is 28.1 Å². The monoisotopic (exact) mass is 354 g/mol. The molecule has 0 amide bonds. The van der Waals surface area contributed by atoms with Gasteiger partial charge in [-0.2, -0.15) is 0 Å². The molecule has 4 nitrogen and oxygen atoms in total. The quantitative estimate of drug-likeness (QED) is 0.380. The zero-order valence-electron chi connectivity index (χ0n) is 14.9. The maximum atomic E-state index is 12.1. The van der Waals surface area contributed by atoms with Gasteiger partial charge in [0.1, 0.15) is 5.78 Å². The average molecular weight is 354 g/mol. The fraction of sp³-hybridized carbons (Fsp3) is 0.409. The minimum Gasteiger partial charge on any atom is -0.479 e. The zero-order chi connectivity index (χ0) is 18.8. The summed E-state index contributed by atoms with van der Waals surface area (Å²) in [5.74, 6) is -1.04. The molecule has 26 heavy (non-hydrogen) atoms. The van der Waals surface area contributed by atoms with Gasteiger partial charge in [-0.25, -0.2) is 4.79 Å². The van der Waals surface area contributed by atoms with Gasteiger partial charge in [0.2, 0.25) is 0 Å². The third kappa shape index (κ3) is 6.47. The Morgan fingerprint density at radius 1 is 1.23 bits per heavy atom. The highest BCUT2D eigenvalue weighted by atomic mass is 16.4. The molecule has 2 atom stereocenters. The van der Waals surface area contributed by atoms with Crippen LogP contribution in [0.5, 0.6) is 0 Å². The molecule has 1 aromatic rings. The molecule has 0 spiro atoms. The van der Waals surface area contributed by atoms with Gasteiger partial charge >= 0.3 is 5.97 Å². The molecule has 0 fully saturated rings. The van der Waals surface area contributed by atoms with Gasteiger partial charge in [0.25, 0.3) is 0 Å². The number of hydrogen-bond acceptors (Lipinski definition) is 3. The van der Waals surface area contributed by atoms with E-state index in [0.717, 1.165) is 31.8 Å². The van der Waals surface area contributed by atoms with Crippen molar-refractivity contribution in [1.29, 1.82) is 0 Å². The van der Waals surface area contributed by atoms with Crippen molar-refractivity contribution in [3.8, 4) is 0 Å². The van der Waals surface area contributed by atoms with Crippen LogP contribution in [0.15, 0.2) is 59.9 Å². The molecular formula is C22H26O4. The molecule has 0 radical (unpaired) electrons. The molecule has 138 valence electrons. The van der Waals surface area contributed by atoms with Crippen LogP contribution in [0.3, 0.4) is 0 Å². The summed E-state index contributed by atoms with van der Waals surface area (Å²) in [7, 11) is 0. The number of hydrogen-bond donors (Lipinski definition) is 2. The van der Waals surface area contributed by atoms with Crippen LogP contribution < -0.4 is 0 Å². The minimum absolute atomic E-state index is 0.0193. The molecule has 0 heterocycles. The second-order valence-electron chi connectivity index (χ2n) is 6.59. The summed E-state index contributed by atoms with van der Waals surface area (Å²) in [6.45, 7) is 0. The Hall–Kier alpha value is -2.42. The number of carboxylic acids is 1. The van der Waals surface area contributed by atoms with Gasteiger partial charge in [-0.3, -0.25) is 4.79 Å². The van der Waals surface area contributed by atoms with Gasteiger partial charge in [-0.15, -0.1) is 5.73 Å². The Bertz CT molecular complexity index is 696. The highest BCUT2D eigenvalue weighted by molar-refractivity contribution is 5.88. The maximum Gasteiger partial charge on any atom is 0.337 e. The standard InChI is InChI=1S/C22H26O4/c23-20-16-15-18(12-8-7-11-17-9-3-1-4-10-17)19(20)13-5-2-6-14-21(24)22(25)26/h1-4,9-10,14-15,19,21,24H,5,7-8,11-13,16H2,(H,25,26)/t6?,19-,21?/m1/s1. The number of aliphatic hydroxyl groups excluding tert-OH is 1. The number of Topliss-reactive ketones (excluding diaryl/α,β-unsaturated/α-hetero) is 1.